The minimum atomic E-state index is -0.845. The maximum absolute atomic E-state index is 14.2. The highest BCUT2D eigenvalue weighted by Gasteiger charge is 2.37. The van der Waals surface area contributed by atoms with Gasteiger partial charge in [-0.25, -0.2) is 14.1 Å². The number of hydrogen-bond acceptors (Lipinski definition) is 5. The quantitative estimate of drug-likeness (QED) is 0.471. The topological polar surface area (TPSA) is 72.9 Å². The number of amides is 2. The lowest BCUT2D eigenvalue weighted by Gasteiger charge is -2.17. The summed E-state index contributed by atoms with van der Waals surface area (Å²) in [5.74, 6) is -2.67. The first-order valence-electron chi connectivity index (χ1n) is 6.98. The van der Waals surface area contributed by atoms with Gasteiger partial charge in [0.1, 0.15) is 11.6 Å². The van der Waals surface area contributed by atoms with Crippen LogP contribution >= 0.6 is 11.6 Å². The smallest absolute Gasteiger partial charge is 0.343 e. The van der Waals surface area contributed by atoms with E-state index >= 15 is 0 Å². The second kappa shape index (κ2) is 7.00. The third-order valence-electron chi connectivity index (χ3n) is 3.46. The van der Waals surface area contributed by atoms with Gasteiger partial charge in [-0.05, 0) is 19.9 Å². The number of allylic oxidation sites excluding steroid dienone is 1. The lowest BCUT2D eigenvalue weighted by molar-refractivity contribution is -0.143. The zero-order chi connectivity index (χ0) is 18.0. The average Bonchev–Trinajstić information content (AvgIpc) is 2.81. The third-order valence-corrected chi connectivity index (χ3v) is 3.75. The number of carbonyl (C=O) groups is 3. The fourth-order valence-electron chi connectivity index (χ4n) is 2.18. The number of benzene rings is 1. The number of nitrogens with zero attached hydrogens (tertiary/aromatic N) is 1. The SMILES string of the molecule is COC(=O)COc1cc(N2C(=O)CC(=C(C)C)C2=O)c(F)cc1Cl. The van der Waals surface area contributed by atoms with Crippen LogP contribution < -0.4 is 9.64 Å². The van der Waals surface area contributed by atoms with E-state index in [0.29, 0.717) is 11.1 Å². The van der Waals surface area contributed by atoms with Crippen molar-refractivity contribution in [3.05, 3.63) is 34.1 Å². The van der Waals surface area contributed by atoms with Gasteiger partial charge in [0.05, 0.1) is 24.2 Å². The summed E-state index contributed by atoms with van der Waals surface area (Å²) in [6, 6.07) is 2.04. The van der Waals surface area contributed by atoms with E-state index in [0.717, 1.165) is 17.0 Å². The molecular weight excluding hydrogens is 341 g/mol. The molecule has 0 saturated carbocycles. The molecule has 0 bridgehead atoms. The van der Waals surface area contributed by atoms with Crippen LogP contribution in [0, 0.1) is 5.82 Å². The van der Waals surface area contributed by atoms with Gasteiger partial charge in [0, 0.05) is 11.6 Å². The molecule has 128 valence electrons. The Morgan fingerprint density at radius 1 is 1.33 bits per heavy atom. The molecule has 8 heteroatoms. The molecule has 0 N–H and O–H groups in total. The largest absolute Gasteiger partial charge is 0.480 e. The van der Waals surface area contributed by atoms with E-state index < -0.39 is 30.2 Å². The Bertz CT molecular complexity index is 755. The second-order valence-corrected chi connectivity index (χ2v) is 5.70. The Morgan fingerprint density at radius 2 is 2.00 bits per heavy atom. The van der Waals surface area contributed by atoms with E-state index in [4.69, 9.17) is 16.3 Å². The molecule has 2 rings (SSSR count). The second-order valence-electron chi connectivity index (χ2n) is 5.29. The molecule has 1 fully saturated rings. The van der Waals surface area contributed by atoms with Gasteiger partial charge in [-0.3, -0.25) is 9.59 Å². The van der Waals surface area contributed by atoms with Crippen molar-refractivity contribution in [1.29, 1.82) is 0 Å². The standard InChI is InChI=1S/C16H15ClFNO5/c1-8(2)9-4-14(20)19(16(9)22)12-6-13(10(17)5-11(12)18)24-7-15(21)23-3/h5-6H,4,7H2,1-3H3. The van der Waals surface area contributed by atoms with Gasteiger partial charge in [-0.15, -0.1) is 0 Å². The number of rotatable bonds is 4. The number of hydrogen-bond donors (Lipinski definition) is 0. The Balaban J connectivity index is 2.40. The van der Waals surface area contributed by atoms with Crippen LogP contribution in [0.15, 0.2) is 23.3 Å². The number of imide groups is 1. The molecule has 6 nitrogen and oxygen atoms in total. The third kappa shape index (κ3) is 3.41. The van der Waals surface area contributed by atoms with E-state index in [1.807, 2.05) is 0 Å². The maximum atomic E-state index is 14.2. The van der Waals surface area contributed by atoms with E-state index in [-0.39, 0.29) is 22.9 Å². The molecule has 0 spiro atoms. The van der Waals surface area contributed by atoms with Crippen molar-refractivity contribution in [1.82, 2.24) is 0 Å². The number of anilines is 1. The van der Waals surface area contributed by atoms with Crippen molar-refractivity contribution in [2.45, 2.75) is 20.3 Å². The molecule has 0 aromatic heterocycles. The highest BCUT2D eigenvalue weighted by Crippen LogP contribution is 2.36. The fourth-order valence-corrected chi connectivity index (χ4v) is 2.39. The summed E-state index contributed by atoms with van der Waals surface area (Å²) in [7, 11) is 1.19. The van der Waals surface area contributed by atoms with Crippen LogP contribution in [-0.2, 0) is 19.1 Å². The number of methoxy groups -OCH3 is 1. The predicted molar refractivity (Wildman–Crippen MR) is 84.4 cm³/mol. The summed E-state index contributed by atoms with van der Waals surface area (Å²) < 4.78 is 23.8. The Labute approximate surface area is 142 Å². The number of halogens is 2. The van der Waals surface area contributed by atoms with Crippen molar-refractivity contribution in [3.8, 4) is 5.75 Å². The van der Waals surface area contributed by atoms with Gasteiger partial charge in [0.25, 0.3) is 5.91 Å². The van der Waals surface area contributed by atoms with Crippen LogP contribution in [0.3, 0.4) is 0 Å². The average molecular weight is 356 g/mol. The Kier molecular flexibility index (Phi) is 5.23. The lowest BCUT2D eigenvalue weighted by Crippen LogP contribution is -2.30. The minimum Gasteiger partial charge on any atom is -0.480 e. The van der Waals surface area contributed by atoms with Crippen molar-refractivity contribution in [2.24, 2.45) is 0 Å². The summed E-state index contributed by atoms with van der Waals surface area (Å²) in [6.07, 6.45) is -0.0957. The van der Waals surface area contributed by atoms with Crippen LogP contribution in [-0.4, -0.2) is 31.5 Å². The summed E-state index contributed by atoms with van der Waals surface area (Å²) >= 11 is 5.87. The van der Waals surface area contributed by atoms with Gasteiger partial charge < -0.3 is 9.47 Å². The first-order valence-corrected chi connectivity index (χ1v) is 7.36. The molecule has 1 aliphatic heterocycles. The van der Waals surface area contributed by atoms with Crippen LogP contribution in [0.2, 0.25) is 5.02 Å². The molecule has 0 radical (unpaired) electrons. The molecule has 24 heavy (non-hydrogen) atoms. The summed E-state index contributed by atoms with van der Waals surface area (Å²) in [5.41, 5.74) is 0.740. The first kappa shape index (κ1) is 17.9. The molecule has 1 aromatic rings. The Morgan fingerprint density at radius 3 is 2.54 bits per heavy atom. The Hall–Kier alpha value is -2.41. The molecular formula is C16H15ClFNO5. The van der Waals surface area contributed by atoms with Gasteiger partial charge in [0.15, 0.2) is 6.61 Å². The van der Waals surface area contributed by atoms with Gasteiger partial charge in [0.2, 0.25) is 5.91 Å². The number of carbonyl (C=O) groups excluding carboxylic acids is 3. The summed E-state index contributed by atoms with van der Waals surface area (Å²) in [6.45, 7) is 2.96. The zero-order valence-electron chi connectivity index (χ0n) is 13.3. The molecule has 0 unspecified atom stereocenters. The highest BCUT2D eigenvalue weighted by atomic mass is 35.5. The van der Waals surface area contributed by atoms with Gasteiger partial charge in [-0.1, -0.05) is 17.2 Å². The summed E-state index contributed by atoms with van der Waals surface area (Å²) in [5, 5.41) is -0.0957. The van der Waals surface area contributed by atoms with Crippen molar-refractivity contribution in [3.63, 3.8) is 0 Å². The van der Waals surface area contributed by atoms with Crippen LogP contribution in [0.5, 0.6) is 5.75 Å². The van der Waals surface area contributed by atoms with E-state index in [1.54, 1.807) is 13.8 Å². The van der Waals surface area contributed by atoms with Crippen LogP contribution in [0.4, 0.5) is 10.1 Å². The van der Waals surface area contributed by atoms with Crippen molar-refractivity contribution >= 4 is 35.1 Å². The summed E-state index contributed by atoms with van der Waals surface area (Å²) in [4.78, 5) is 36.4. The molecule has 0 aliphatic carbocycles. The van der Waals surface area contributed by atoms with Gasteiger partial charge in [-0.2, -0.15) is 0 Å². The normalized spacial score (nSPS) is 14.2. The predicted octanol–water partition coefficient (Wildman–Crippen LogP) is 2.63. The molecule has 0 atom stereocenters. The molecule has 1 aliphatic rings. The molecule has 1 aromatic carbocycles. The first-order chi connectivity index (χ1) is 11.3. The van der Waals surface area contributed by atoms with E-state index in [1.165, 1.54) is 7.11 Å². The molecule has 1 saturated heterocycles. The van der Waals surface area contributed by atoms with Crippen molar-refractivity contribution in [2.75, 3.05) is 18.6 Å². The van der Waals surface area contributed by atoms with Gasteiger partial charge >= 0.3 is 5.97 Å². The fraction of sp³-hybridized carbons (Fsp3) is 0.312. The van der Waals surface area contributed by atoms with E-state index in [9.17, 15) is 18.8 Å². The lowest BCUT2D eigenvalue weighted by atomic mass is 10.1. The van der Waals surface area contributed by atoms with Crippen LogP contribution in [0.25, 0.3) is 0 Å². The maximum Gasteiger partial charge on any atom is 0.343 e. The van der Waals surface area contributed by atoms with Crippen LogP contribution in [0.1, 0.15) is 20.3 Å². The molecule has 1 heterocycles. The number of esters is 1. The highest BCUT2D eigenvalue weighted by molar-refractivity contribution is 6.32. The zero-order valence-corrected chi connectivity index (χ0v) is 14.1. The van der Waals surface area contributed by atoms with E-state index in [2.05, 4.69) is 4.74 Å². The molecule has 2 amide bonds. The number of ether oxygens (including phenoxy) is 2. The minimum absolute atomic E-state index is 0.0373. The van der Waals surface area contributed by atoms with Crippen molar-refractivity contribution < 1.29 is 28.2 Å². The monoisotopic (exact) mass is 355 g/mol.